The molecule has 0 aliphatic carbocycles. The Morgan fingerprint density at radius 3 is 2.49 bits per heavy atom. The van der Waals surface area contributed by atoms with Crippen molar-refractivity contribution in [2.75, 3.05) is 49.2 Å². The Morgan fingerprint density at radius 1 is 1.14 bits per heavy atom. The highest BCUT2D eigenvalue weighted by Crippen LogP contribution is 2.31. The second-order valence-electron chi connectivity index (χ2n) is 8.14. The molecule has 192 valence electrons. The third-order valence-electron chi connectivity index (χ3n) is 5.62. The molecule has 13 heteroatoms. The number of anilines is 2. The van der Waals surface area contributed by atoms with E-state index >= 15 is 0 Å². The van der Waals surface area contributed by atoms with Gasteiger partial charge in [-0.05, 0) is 47.3 Å². The number of nitrogens with zero attached hydrogens (tertiary/aromatic N) is 3. The molecule has 0 spiro atoms. The maximum atomic E-state index is 11.6. The van der Waals surface area contributed by atoms with E-state index in [-0.39, 0.29) is 16.9 Å². The average Bonchev–Trinajstić information content (AvgIpc) is 3.33. The van der Waals surface area contributed by atoms with Crippen molar-refractivity contribution in [3.63, 3.8) is 0 Å². The Morgan fingerprint density at radius 2 is 1.80 bits per heavy atom. The van der Waals surface area contributed by atoms with E-state index in [2.05, 4.69) is 49.8 Å². The summed E-state index contributed by atoms with van der Waals surface area (Å²) in [6.45, 7) is 5.00. The Hall–Kier alpha value is -2.32. The zero-order valence-electron chi connectivity index (χ0n) is 19.1. The van der Waals surface area contributed by atoms with Crippen LogP contribution in [-0.2, 0) is 27.8 Å². The van der Waals surface area contributed by atoms with Crippen LogP contribution in [0.25, 0.3) is 10.1 Å². The number of hydrogen-bond donors (Lipinski definition) is 2. The van der Waals surface area contributed by atoms with Gasteiger partial charge in [-0.2, -0.15) is 12.8 Å². The summed E-state index contributed by atoms with van der Waals surface area (Å²) in [5, 5.41) is 4.86. The van der Waals surface area contributed by atoms with Crippen LogP contribution in [0.4, 0.5) is 11.5 Å². The summed E-state index contributed by atoms with van der Waals surface area (Å²) in [6.07, 6.45) is 2.08. The van der Waals surface area contributed by atoms with Crippen molar-refractivity contribution in [2.45, 2.75) is 12.8 Å². The molecule has 0 unspecified atom stereocenters. The Balaban J connectivity index is 0.000000565. The van der Waals surface area contributed by atoms with Gasteiger partial charge in [0.05, 0.1) is 17.4 Å². The van der Waals surface area contributed by atoms with E-state index in [1.165, 1.54) is 10.1 Å². The largest absolute Gasteiger partial charge is 0.412 e. The first kappa shape index (κ1) is 28.9. The Labute approximate surface area is 213 Å². The molecule has 10 nitrogen and oxygen atoms in total. The summed E-state index contributed by atoms with van der Waals surface area (Å²) in [6, 6.07) is 12.4. The van der Waals surface area contributed by atoms with Crippen LogP contribution in [0.15, 0.2) is 36.4 Å². The van der Waals surface area contributed by atoms with Crippen LogP contribution >= 0.6 is 23.1 Å². The molecule has 0 atom stereocenters. The van der Waals surface area contributed by atoms with Gasteiger partial charge >= 0.3 is 0 Å². The van der Waals surface area contributed by atoms with E-state index in [1.807, 2.05) is 6.07 Å². The minimum absolute atomic E-state index is 0. The molecule has 0 saturated carbocycles. The number of benzene rings is 2. The monoisotopic (exact) mass is 544 g/mol. The second kappa shape index (κ2) is 12.1. The number of aromatic nitrogens is 1. The van der Waals surface area contributed by atoms with Crippen molar-refractivity contribution in [1.29, 1.82) is 0 Å². The summed E-state index contributed by atoms with van der Waals surface area (Å²) in [4.78, 5) is 16.4. The van der Waals surface area contributed by atoms with E-state index in [0.29, 0.717) is 12.7 Å². The average molecular weight is 545 g/mol. The lowest BCUT2D eigenvalue weighted by atomic mass is 10.1. The van der Waals surface area contributed by atoms with Crippen LogP contribution in [0, 0.1) is 0 Å². The number of fused-ring (bicyclic) bond motifs is 2. The van der Waals surface area contributed by atoms with Gasteiger partial charge < -0.3 is 21.2 Å². The van der Waals surface area contributed by atoms with Crippen LogP contribution in [0.2, 0.25) is 5.02 Å². The molecule has 2 aliphatic heterocycles. The zero-order valence-corrected chi connectivity index (χ0v) is 21.5. The fraction of sp³-hybridized carbons (Fsp3) is 0.364. The van der Waals surface area contributed by atoms with Gasteiger partial charge in [-0.25, -0.2) is 0 Å². The third kappa shape index (κ3) is 7.58. The first-order chi connectivity index (χ1) is 15.7. The Bertz CT molecular complexity index is 1270. The lowest BCUT2D eigenvalue weighted by Gasteiger charge is -2.35. The number of halogens is 1. The van der Waals surface area contributed by atoms with Gasteiger partial charge in [0.2, 0.25) is 5.91 Å². The van der Waals surface area contributed by atoms with Gasteiger partial charge in [0.15, 0.2) is 0 Å². The summed E-state index contributed by atoms with van der Waals surface area (Å²) >= 11 is 8.01. The number of rotatable bonds is 4. The predicted molar refractivity (Wildman–Crippen MR) is 140 cm³/mol. The van der Waals surface area contributed by atoms with Gasteiger partial charge in [0.25, 0.3) is 10.1 Å². The molecule has 6 N–H and O–H groups in total. The molecule has 35 heavy (non-hydrogen) atoms. The minimum atomic E-state index is -3.67. The number of amides is 1. The van der Waals surface area contributed by atoms with Crippen LogP contribution in [-0.4, -0.2) is 78.1 Å². The van der Waals surface area contributed by atoms with E-state index in [4.69, 9.17) is 16.2 Å². The number of nitrogens with one attached hydrogen (secondary N) is 1. The molecule has 1 fully saturated rings. The van der Waals surface area contributed by atoms with Crippen molar-refractivity contribution < 1.29 is 28.7 Å². The van der Waals surface area contributed by atoms with E-state index in [9.17, 15) is 13.2 Å². The second-order valence-corrected chi connectivity index (χ2v) is 10.8. The lowest BCUT2D eigenvalue weighted by Crippen LogP contribution is -2.47. The molecule has 3 heterocycles. The minimum Gasteiger partial charge on any atom is -0.412 e. The molecule has 1 amide bonds. The standard InChI is InChI=1S/C21H21ClN4OS.CH4O3S.2H2O/c22-17-13-18-15(12-20(27)23-18)11-14(17)5-6-25-7-9-26(10-8-25)21-16-3-1-2-4-19(16)28-24-21;1-5(2,3)4;;/h1-4,11,13H,5-10,12H2,(H,23,27);1H3,(H,2,3,4);2*1H2. The maximum Gasteiger partial charge on any atom is 0.261 e. The molecule has 2 aromatic carbocycles. The lowest BCUT2D eigenvalue weighted by molar-refractivity contribution is -0.115. The molecule has 5 rings (SSSR count). The summed E-state index contributed by atoms with van der Waals surface area (Å²) < 4.78 is 31.8. The normalized spacial score (nSPS) is 15.4. The molecular weight excluding hydrogens is 516 g/mol. The fourth-order valence-electron chi connectivity index (χ4n) is 4.05. The SMILES string of the molecule is CS(=O)(=O)O.O.O.O=C1Cc2cc(CCN3CCN(c4nsc5ccccc45)CC3)c(Cl)cc2N1. The first-order valence-corrected chi connectivity index (χ1v) is 13.5. The van der Waals surface area contributed by atoms with Crippen LogP contribution < -0.4 is 10.2 Å². The van der Waals surface area contributed by atoms with Gasteiger partial charge in [0.1, 0.15) is 5.82 Å². The van der Waals surface area contributed by atoms with Crippen molar-refractivity contribution in [3.8, 4) is 0 Å². The summed E-state index contributed by atoms with van der Waals surface area (Å²) in [5.74, 6) is 1.17. The molecule has 0 bridgehead atoms. The Kier molecular flexibility index (Phi) is 9.98. The topological polar surface area (TPSA) is 166 Å². The number of carbonyl (C=O) groups is 1. The summed E-state index contributed by atoms with van der Waals surface area (Å²) in [5.41, 5.74) is 3.05. The van der Waals surface area contributed by atoms with Crippen molar-refractivity contribution in [2.24, 2.45) is 0 Å². The maximum absolute atomic E-state index is 11.6. The molecule has 1 saturated heterocycles. The highest BCUT2D eigenvalue weighted by atomic mass is 35.5. The molecule has 0 radical (unpaired) electrons. The first-order valence-electron chi connectivity index (χ1n) is 10.5. The van der Waals surface area contributed by atoms with Gasteiger partial charge in [-0.15, -0.1) is 0 Å². The molecule has 1 aromatic heterocycles. The molecular formula is C22H29ClN4O6S2. The molecule has 3 aromatic rings. The van der Waals surface area contributed by atoms with Gasteiger partial charge in [-0.1, -0.05) is 29.8 Å². The van der Waals surface area contributed by atoms with Crippen molar-refractivity contribution in [1.82, 2.24) is 9.27 Å². The van der Waals surface area contributed by atoms with Crippen molar-refractivity contribution >= 4 is 60.8 Å². The third-order valence-corrected chi connectivity index (χ3v) is 6.79. The predicted octanol–water partition coefficient (Wildman–Crippen LogP) is 1.66. The highest BCUT2D eigenvalue weighted by molar-refractivity contribution is 7.85. The van der Waals surface area contributed by atoms with Gasteiger partial charge in [-0.3, -0.25) is 14.2 Å². The van der Waals surface area contributed by atoms with Crippen LogP contribution in [0.3, 0.4) is 0 Å². The number of hydrogen-bond acceptors (Lipinski definition) is 7. The summed E-state index contributed by atoms with van der Waals surface area (Å²) in [7, 11) is -3.67. The smallest absolute Gasteiger partial charge is 0.261 e. The fourth-order valence-corrected chi connectivity index (χ4v) is 5.11. The number of carbonyl (C=O) groups excluding carboxylic acids is 1. The zero-order chi connectivity index (χ0) is 23.6. The van der Waals surface area contributed by atoms with Crippen LogP contribution in [0.1, 0.15) is 11.1 Å². The van der Waals surface area contributed by atoms with Crippen LogP contribution in [0.5, 0.6) is 0 Å². The van der Waals surface area contributed by atoms with E-state index in [1.54, 1.807) is 11.5 Å². The number of piperazine rings is 1. The highest BCUT2D eigenvalue weighted by Gasteiger charge is 2.22. The van der Waals surface area contributed by atoms with E-state index < -0.39 is 10.1 Å². The van der Waals surface area contributed by atoms with E-state index in [0.717, 1.165) is 66.8 Å². The quantitative estimate of drug-likeness (QED) is 0.471. The molecule has 2 aliphatic rings. The van der Waals surface area contributed by atoms with Crippen molar-refractivity contribution in [3.05, 3.63) is 52.5 Å². The van der Waals surface area contributed by atoms with Gasteiger partial charge in [0, 0.05) is 48.8 Å².